The van der Waals surface area contributed by atoms with Crippen molar-refractivity contribution in [3.05, 3.63) is 64.0 Å². The molecule has 1 aliphatic rings. The maximum atomic E-state index is 13.3. The molecule has 0 aliphatic carbocycles. The SMILES string of the molecule is Cc1sc(NC(=O)C2CCCN(C(=O)c3cccc4ccccc34)C2)c(C(N)=O)c1C. The number of nitrogens with zero attached hydrogens (tertiary/aromatic N) is 1. The molecule has 3 N–H and O–H groups in total. The van der Waals surface area contributed by atoms with Gasteiger partial charge in [0.2, 0.25) is 5.91 Å². The van der Waals surface area contributed by atoms with Crippen molar-refractivity contribution in [1.82, 2.24) is 4.90 Å². The quantitative estimate of drug-likeness (QED) is 0.646. The molecule has 4 rings (SSSR count). The number of nitrogens with one attached hydrogen (secondary N) is 1. The van der Waals surface area contributed by atoms with Gasteiger partial charge >= 0.3 is 0 Å². The number of rotatable bonds is 4. The molecule has 6 nitrogen and oxygen atoms in total. The van der Waals surface area contributed by atoms with Crippen LogP contribution >= 0.6 is 11.3 Å². The van der Waals surface area contributed by atoms with Gasteiger partial charge in [-0.2, -0.15) is 0 Å². The van der Waals surface area contributed by atoms with Crippen molar-refractivity contribution in [2.75, 3.05) is 18.4 Å². The summed E-state index contributed by atoms with van der Waals surface area (Å²) < 4.78 is 0. The number of carbonyl (C=O) groups excluding carboxylic acids is 3. The number of piperidine rings is 1. The highest BCUT2D eigenvalue weighted by Gasteiger charge is 2.30. The first-order chi connectivity index (χ1) is 14.9. The second-order valence-electron chi connectivity index (χ2n) is 7.96. The number of fused-ring (bicyclic) bond motifs is 1. The maximum Gasteiger partial charge on any atom is 0.254 e. The highest BCUT2D eigenvalue weighted by atomic mass is 32.1. The molecule has 1 atom stereocenters. The first-order valence-corrected chi connectivity index (χ1v) is 11.2. The zero-order valence-electron chi connectivity index (χ0n) is 17.6. The summed E-state index contributed by atoms with van der Waals surface area (Å²) in [5.41, 5.74) is 7.34. The number of nitrogens with two attached hydrogens (primary N) is 1. The van der Waals surface area contributed by atoms with Crippen molar-refractivity contribution in [2.24, 2.45) is 11.7 Å². The van der Waals surface area contributed by atoms with Crippen molar-refractivity contribution in [3.63, 3.8) is 0 Å². The molecule has 3 aromatic rings. The fourth-order valence-corrected chi connectivity index (χ4v) is 5.25. The number of carbonyl (C=O) groups is 3. The van der Waals surface area contributed by atoms with Crippen LogP contribution in [-0.2, 0) is 4.79 Å². The zero-order chi connectivity index (χ0) is 22.1. The van der Waals surface area contributed by atoms with E-state index in [9.17, 15) is 14.4 Å². The van der Waals surface area contributed by atoms with Gasteiger partial charge in [-0.3, -0.25) is 14.4 Å². The molecular formula is C24H25N3O3S. The minimum Gasteiger partial charge on any atom is -0.365 e. The van der Waals surface area contributed by atoms with E-state index in [4.69, 9.17) is 5.73 Å². The highest BCUT2D eigenvalue weighted by Crippen LogP contribution is 2.33. The Balaban J connectivity index is 1.52. The molecule has 1 fully saturated rings. The number of aryl methyl sites for hydroxylation is 1. The fraction of sp³-hybridized carbons (Fsp3) is 0.292. The number of benzene rings is 2. The van der Waals surface area contributed by atoms with E-state index in [0.29, 0.717) is 35.6 Å². The number of likely N-dealkylation sites (tertiary alicyclic amines) is 1. The van der Waals surface area contributed by atoms with Crippen LogP contribution in [0.4, 0.5) is 5.00 Å². The molecule has 3 amide bonds. The van der Waals surface area contributed by atoms with E-state index in [0.717, 1.165) is 27.6 Å². The lowest BCUT2D eigenvalue weighted by Gasteiger charge is -2.32. The summed E-state index contributed by atoms with van der Waals surface area (Å²) in [6, 6.07) is 13.5. The summed E-state index contributed by atoms with van der Waals surface area (Å²) >= 11 is 1.35. The van der Waals surface area contributed by atoms with Gasteiger partial charge in [0, 0.05) is 23.5 Å². The second-order valence-corrected chi connectivity index (χ2v) is 9.18. The standard InChI is InChI=1S/C24H25N3O3S/c1-14-15(2)31-23(20(14)21(25)28)26-22(29)17-9-6-12-27(13-17)24(30)19-11-5-8-16-7-3-4-10-18(16)19/h3-5,7-8,10-11,17H,6,9,12-13H2,1-2H3,(H2,25,28)(H,26,29). The molecule has 7 heteroatoms. The van der Waals surface area contributed by atoms with Crippen molar-refractivity contribution < 1.29 is 14.4 Å². The van der Waals surface area contributed by atoms with E-state index in [1.54, 1.807) is 4.90 Å². The summed E-state index contributed by atoms with van der Waals surface area (Å²) in [6.45, 7) is 4.69. The molecule has 0 saturated carbocycles. The highest BCUT2D eigenvalue weighted by molar-refractivity contribution is 7.16. The number of hydrogen-bond acceptors (Lipinski definition) is 4. The molecule has 0 radical (unpaired) electrons. The molecule has 1 aromatic heterocycles. The third-order valence-electron chi connectivity index (χ3n) is 5.97. The van der Waals surface area contributed by atoms with E-state index in [1.807, 2.05) is 56.3 Å². The zero-order valence-corrected chi connectivity index (χ0v) is 18.4. The van der Waals surface area contributed by atoms with Crippen LogP contribution in [0.15, 0.2) is 42.5 Å². The van der Waals surface area contributed by atoms with Crippen molar-refractivity contribution >= 4 is 44.8 Å². The number of anilines is 1. The van der Waals surface area contributed by atoms with Crippen molar-refractivity contribution in [3.8, 4) is 0 Å². The van der Waals surface area contributed by atoms with E-state index < -0.39 is 5.91 Å². The lowest BCUT2D eigenvalue weighted by atomic mass is 9.95. The molecule has 2 aromatic carbocycles. The van der Waals surface area contributed by atoms with Gasteiger partial charge in [-0.25, -0.2) is 0 Å². The van der Waals surface area contributed by atoms with Crippen LogP contribution < -0.4 is 11.1 Å². The molecule has 31 heavy (non-hydrogen) atoms. The van der Waals surface area contributed by atoms with E-state index in [1.165, 1.54) is 11.3 Å². The molecule has 1 saturated heterocycles. The summed E-state index contributed by atoms with van der Waals surface area (Å²) in [4.78, 5) is 40.8. The van der Waals surface area contributed by atoms with Gasteiger partial charge in [-0.05, 0) is 49.1 Å². The lowest BCUT2D eigenvalue weighted by Crippen LogP contribution is -2.43. The predicted molar refractivity (Wildman–Crippen MR) is 124 cm³/mol. The Kier molecular flexibility index (Phi) is 5.78. The van der Waals surface area contributed by atoms with E-state index in [2.05, 4.69) is 5.32 Å². The van der Waals surface area contributed by atoms with Crippen molar-refractivity contribution in [2.45, 2.75) is 26.7 Å². The number of amides is 3. The van der Waals surface area contributed by atoms with Crippen LogP contribution in [0.3, 0.4) is 0 Å². The summed E-state index contributed by atoms with van der Waals surface area (Å²) in [5, 5.41) is 5.31. The third kappa shape index (κ3) is 4.05. The molecule has 0 bridgehead atoms. The Hall–Kier alpha value is -3.19. The Labute approximate surface area is 185 Å². The Morgan fingerprint density at radius 1 is 1.10 bits per heavy atom. The Bertz CT molecular complexity index is 1180. The number of thiophene rings is 1. The second kappa shape index (κ2) is 8.51. The third-order valence-corrected chi connectivity index (χ3v) is 7.09. The molecule has 160 valence electrons. The van der Waals surface area contributed by atoms with Gasteiger partial charge in [0.15, 0.2) is 0 Å². The first kappa shape index (κ1) is 21.1. The minimum absolute atomic E-state index is 0.0602. The molecule has 1 aliphatic heterocycles. The Morgan fingerprint density at radius 3 is 2.61 bits per heavy atom. The average molecular weight is 436 g/mol. The van der Waals surface area contributed by atoms with E-state index in [-0.39, 0.29) is 17.7 Å². The van der Waals surface area contributed by atoms with Crippen LogP contribution in [0, 0.1) is 19.8 Å². The largest absolute Gasteiger partial charge is 0.365 e. The predicted octanol–water partition coefficient (Wildman–Crippen LogP) is 4.11. The van der Waals surface area contributed by atoms with Gasteiger partial charge in [-0.15, -0.1) is 11.3 Å². The molecule has 2 heterocycles. The maximum absolute atomic E-state index is 13.3. The Morgan fingerprint density at radius 2 is 1.84 bits per heavy atom. The van der Waals surface area contributed by atoms with Crippen LogP contribution in [0.5, 0.6) is 0 Å². The average Bonchev–Trinajstić information content (AvgIpc) is 3.05. The van der Waals surface area contributed by atoms with Crippen molar-refractivity contribution in [1.29, 1.82) is 0 Å². The van der Waals surface area contributed by atoms with Crippen LogP contribution in [0.25, 0.3) is 10.8 Å². The fourth-order valence-electron chi connectivity index (χ4n) is 4.18. The summed E-state index contributed by atoms with van der Waals surface area (Å²) in [6.07, 6.45) is 1.44. The van der Waals surface area contributed by atoms with Crippen LogP contribution in [0.1, 0.15) is 44.0 Å². The minimum atomic E-state index is -0.548. The molecule has 1 unspecified atom stereocenters. The van der Waals surface area contributed by atoms with Crippen LogP contribution in [0.2, 0.25) is 0 Å². The van der Waals surface area contributed by atoms with E-state index >= 15 is 0 Å². The van der Waals surface area contributed by atoms with Gasteiger partial charge in [-0.1, -0.05) is 36.4 Å². The summed E-state index contributed by atoms with van der Waals surface area (Å²) in [5.74, 6) is -1.13. The molecule has 0 spiro atoms. The van der Waals surface area contributed by atoms with Crippen LogP contribution in [-0.4, -0.2) is 35.7 Å². The number of hydrogen-bond donors (Lipinski definition) is 2. The van der Waals surface area contributed by atoms with Gasteiger partial charge < -0.3 is 16.0 Å². The lowest BCUT2D eigenvalue weighted by molar-refractivity contribution is -0.121. The first-order valence-electron chi connectivity index (χ1n) is 10.3. The van der Waals surface area contributed by atoms with Gasteiger partial charge in [0.25, 0.3) is 11.8 Å². The van der Waals surface area contributed by atoms with Gasteiger partial charge in [0.1, 0.15) is 5.00 Å². The monoisotopic (exact) mass is 435 g/mol. The summed E-state index contributed by atoms with van der Waals surface area (Å²) in [7, 11) is 0. The number of primary amides is 1. The normalized spacial score (nSPS) is 16.3. The molecular weight excluding hydrogens is 410 g/mol. The topological polar surface area (TPSA) is 92.5 Å². The smallest absolute Gasteiger partial charge is 0.254 e. The van der Waals surface area contributed by atoms with Gasteiger partial charge in [0.05, 0.1) is 11.5 Å².